The Bertz CT molecular complexity index is 1290. The van der Waals surface area contributed by atoms with Gasteiger partial charge in [0.2, 0.25) is 0 Å². The third-order valence-electron chi connectivity index (χ3n) is 4.16. The summed E-state index contributed by atoms with van der Waals surface area (Å²) in [6, 6.07) is 12.2. The number of benzene rings is 2. The number of hydrogen-bond donors (Lipinski definition) is 4. The van der Waals surface area contributed by atoms with Gasteiger partial charge in [-0.1, -0.05) is 23.2 Å². The van der Waals surface area contributed by atoms with Gasteiger partial charge in [0.15, 0.2) is 0 Å². The summed E-state index contributed by atoms with van der Waals surface area (Å²) < 4.78 is 18.3. The van der Waals surface area contributed by atoms with Crippen molar-refractivity contribution in [2.75, 3.05) is 10.6 Å². The van der Waals surface area contributed by atoms with E-state index < -0.39 is 29.4 Å². The predicted octanol–water partition coefficient (Wildman–Crippen LogP) is 3.07. The number of anilines is 2. The van der Waals surface area contributed by atoms with Gasteiger partial charge in [0, 0.05) is 11.4 Å². The van der Waals surface area contributed by atoms with Crippen LogP contribution in [0, 0.1) is 5.82 Å². The molecule has 13 heteroatoms. The van der Waals surface area contributed by atoms with Crippen LogP contribution < -0.4 is 21.4 Å². The van der Waals surface area contributed by atoms with Crippen molar-refractivity contribution in [2.24, 2.45) is 5.10 Å². The van der Waals surface area contributed by atoms with E-state index in [4.69, 9.17) is 27.6 Å². The van der Waals surface area contributed by atoms with Crippen LogP contribution in [-0.2, 0) is 25.7 Å². The summed E-state index contributed by atoms with van der Waals surface area (Å²) in [5.41, 5.74) is 2.54. The van der Waals surface area contributed by atoms with Crippen LogP contribution in [0.4, 0.5) is 15.8 Å². The van der Waals surface area contributed by atoms with Crippen molar-refractivity contribution in [1.82, 2.24) is 10.7 Å². The Morgan fingerprint density at radius 2 is 1.49 bits per heavy atom. The Hall–Kier alpha value is -4.22. The first-order valence-corrected chi connectivity index (χ1v) is 10.5. The van der Waals surface area contributed by atoms with Gasteiger partial charge in [-0.2, -0.15) is 5.10 Å². The number of halogens is 3. The number of hydrogen-bond acceptors (Lipinski definition) is 6. The molecule has 10 nitrogen and oxygen atoms in total. The average molecular weight is 520 g/mol. The van der Waals surface area contributed by atoms with Gasteiger partial charge in [-0.3, -0.25) is 19.2 Å². The molecule has 0 fully saturated rings. The minimum absolute atomic E-state index is 0.103. The molecule has 0 aliphatic heterocycles. The Labute approximate surface area is 207 Å². The minimum atomic E-state index is -1.06. The maximum absolute atomic E-state index is 12.9. The van der Waals surface area contributed by atoms with Crippen molar-refractivity contribution in [2.45, 2.75) is 6.54 Å². The number of furan rings is 1. The van der Waals surface area contributed by atoms with E-state index in [-0.39, 0.29) is 23.0 Å². The molecule has 0 bridgehead atoms. The van der Waals surface area contributed by atoms with Crippen LogP contribution in [0.5, 0.6) is 0 Å². The van der Waals surface area contributed by atoms with E-state index in [2.05, 4.69) is 21.1 Å². The van der Waals surface area contributed by atoms with Crippen LogP contribution in [0.3, 0.4) is 0 Å². The lowest BCUT2D eigenvalue weighted by Gasteiger charge is -2.06. The topological polar surface area (TPSA) is 142 Å². The third kappa shape index (κ3) is 7.66. The van der Waals surface area contributed by atoms with Crippen LogP contribution >= 0.6 is 23.2 Å². The second-order valence-electron chi connectivity index (χ2n) is 6.73. The molecule has 35 heavy (non-hydrogen) atoms. The van der Waals surface area contributed by atoms with E-state index in [0.29, 0.717) is 16.5 Å². The highest BCUT2D eigenvalue weighted by Crippen LogP contribution is 2.24. The Kier molecular flexibility index (Phi) is 8.54. The van der Waals surface area contributed by atoms with Gasteiger partial charge in [-0.05, 0) is 54.6 Å². The highest BCUT2D eigenvalue weighted by Gasteiger charge is 2.15. The van der Waals surface area contributed by atoms with Crippen molar-refractivity contribution in [3.8, 4) is 0 Å². The standard InChI is InChI=1S/C22H16Cl2FN5O5/c23-17-8-5-14(9-18(17)24)29-20(32)19(31)26-10-15-6-7-16(35-15)11-27-30-22(34)21(33)28-13-3-1-12(25)2-4-13/h1-9,11H,10H2,(H,26,31)(H,28,33)(H,29,32)(H,30,34)/b27-11+. The fourth-order valence-corrected chi connectivity index (χ4v) is 2.79. The summed E-state index contributed by atoms with van der Waals surface area (Å²) in [7, 11) is 0. The van der Waals surface area contributed by atoms with Gasteiger partial charge in [0.1, 0.15) is 17.3 Å². The van der Waals surface area contributed by atoms with E-state index in [1.54, 1.807) is 0 Å². The Morgan fingerprint density at radius 1 is 0.829 bits per heavy atom. The van der Waals surface area contributed by atoms with Gasteiger partial charge >= 0.3 is 23.6 Å². The first-order valence-electron chi connectivity index (χ1n) is 9.74. The summed E-state index contributed by atoms with van der Waals surface area (Å²) in [6.07, 6.45) is 1.13. The highest BCUT2D eigenvalue weighted by molar-refractivity contribution is 6.43. The lowest BCUT2D eigenvalue weighted by Crippen LogP contribution is -2.34. The molecule has 3 rings (SSSR count). The highest BCUT2D eigenvalue weighted by atomic mass is 35.5. The molecule has 1 aromatic heterocycles. The molecule has 0 atom stereocenters. The monoisotopic (exact) mass is 519 g/mol. The SMILES string of the molecule is O=C(NCc1ccc(/C=N/NC(=O)C(=O)Nc2ccc(F)cc2)o1)C(=O)Nc1ccc(Cl)c(Cl)c1. The average Bonchev–Trinajstić information content (AvgIpc) is 3.28. The van der Waals surface area contributed by atoms with E-state index >= 15 is 0 Å². The Morgan fingerprint density at radius 3 is 2.20 bits per heavy atom. The summed E-state index contributed by atoms with van der Waals surface area (Å²) >= 11 is 11.7. The largest absolute Gasteiger partial charge is 0.458 e. The zero-order chi connectivity index (χ0) is 25.4. The summed E-state index contributed by atoms with van der Waals surface area (Å²) in [6.45, 7) is -0.103. The maximum Gasteiger partial charge on any atom is 0.329 e. The number of rotatable bonds is 6. The van der Waals surface area contributed by atoms with Crippen molar-refractivity contribution in [3.63, 3.8) is 0 Å². The second kappa shape index (κ2) is 11.8. The van der Waals surface area contributed by atoms with Gasteiger partial charge < -0.3 is 20.4 Å². The fourth-order valence-electron chi connectivity index (χ4n) is 2.49. The molecule has 0 unspecified atom stereocenters. The van der Waals surface area contributed by atoms with Gasteiger partial charge in [0.25, 0.3) is 0 Å². The van der Waals surface area contributed by atoms with Crippen LogP contribution in [-0.4, -0.2) is 29.8 Å². The summed E-state index contributed by atoms with van der Waals surface area (Å²) in [5.74, 6) is -3.88. The molecule has 1 heterocycles. The molecule has 3 aromatic rings. The van der Waals surface area contributed by atoms with Crippen molar-refractivity contribution in [1.29, 1.82) is 0 Å². The van der Waals surface area contributed by atoms with Crippen LogP contribution in [0.2, 0.25) is 10.0 Å². The summed E-state index contributed by atoms with van der Waals surface area (Å²) in [5, 5.41) is 11.2. The van der Waals surface area contributed by atoms with Crippen LogP contribution in [0.15, 0.2) is 64.1 Å². The number of carbonyl (C=O) groups is 4. The number of nitrogens with zero attached hydrogens (tertiary/aromatic N) is 1. The van der Waals surface area contributed by atoms with Gasteiger partial charge in [0.05, 0.1) is 22.8 Å². The van der Waals surface area contributed by atoms with Gasteiger partial charge in [-0.25, -0.2) is 9.82 Å². The zero-order valence-electron chi connectivity index (χ0n) is 17.6. The lowest BCUT2D eigenvalue weighted by atomic mass is 10.3. The van der Waals surface area contributed by atoms with Crippen molar-refractivity contribution in [3.05, 3.63) is 82.0 Å². The second-order valence-corrected chi connectivity index (χ2v) is 7.54. The molecule has 4 amide bonds. The van der Waals surface area contributed by atoms with Crippen molar-refractivity contribution >= 4 is 64.4 Å². The normalized spacial score (nSPS) is 10.6. The van der Waals surface area contributed by atoms with Crippen LogP contribution in [0.25, 0.3) is 0 Å². The van der Waals surface area contributed by atoms with Gasteiger partial charge in [-0.15, -0.1) is 0 Å². The molecule has 0 spiro atoms. The lowest BCUT2D eigenvalue weighted by molar-refractivity contribution is -0.136. The first kappa shape index (κ1) is 25.4. The predicted molar refractivity (Wildman–Crippen MR) is 126 cm³/mol. The summed E-state index contributed by atoms with van der Waals surface area (Å²) in [4.78, 5) is 47.5. The quantitative estimate of drug-likeness (QED) is 0.225. The molecule has 0 aliphatic rings. The zero-order valence-corrected chi connectivity index (χ0v) is 19.1. The molecule has 2 aromatic carbocycles. The molecule has 4 N–H and O–H groups in total. The molecule has 180 valence electrons. The van der Waals surface area contributed by atoms with E-state index in [9.17, 15) is 23.6 Å². The maximum atomic E-state index is 12.9. The Balaban J connectivity index is 1.43. The molecular formula is C22H16Cl2FN5O5. The number of carbonyl (C=O) groups excluding carboxylic acids is 4. The number of amides is 4. The van der Waals surface area contributed by atoms with Crippen molar-refractivity contribution < 1.29 is 28.0 Å². The molecule has 0 aliphatic carbocycles. The first-order chi connectivity index (χ1) is 16.7. The smallest absolute Gasteiger partial charge is 0.329 e. The minimum Gasteiger partial charge on any atom is -0.458 e. The number of nitrogens with one attached hydrogen (secondary N) is 4. The fraction of sp³-hybridized carbons (Fsp3) is 0.0455. The van der Waals surface area contributed by atoms with E-state index in [1.165, 1.54) is 42.5 Å². The van der Waals surface area contributed by atoms with Crippen LogP contribution in [0.1, 0.15) is 11.5 Å². The number of hydrazone groups is 1. The molecule has 0 radical (unpaired) electrons. The third-order valence-corrected chi connectivity index (χ3v) is 4.89. The van der Waals surface area contributed by atoms with E-state index in [0.717, 1.165) is 18.3 Å². The molecule has 0 saturated carbocycles. The van der Waals surface area contributed by atoms with E-state index in [1.807, 2.05) is 5.43 Å². The molecular weight excluding hydrogens is 504 g/mol. The molecule has 0 saturated heterocycles.